The third-order valence-corrected chi connectivity index (χ3v) is 1.44. The number of aromatic nitrogens is 2. The molecule has 0 aliphatic heterocycles. The Hall–Kier alpha value is -2.05. The molecule has 0 saturated heterocycles. The van der Waals surface area contributed by atoms with Crippen LogP contribution in [0.1, 0.15) is 10.4 Å². The molecule has 1 aromatic rings. The Labute approximate surface area is 74.3 Å². The topological polar surface area (TPSA) is 133 Å². The highest BCUT2D eigenvalue weighted by molar-refractivity contribution is 6.01. The van der Waals surface area contributed by atoms with E-state index in [0.29, 0.717) is 0 Å². The Morgan fingerprint density at radius 1 is 1.38 bits per heavy atom. The number of carbonyl (C=O) groups is 1. The van der Waals surface area contributed by atoms with Crippen molar-refractivity contribution in [2.45, 2.75) is 0 Å². The molecular weight excluding hydrogens is 172 g/mol. The van der Waals surface area contributed by atoms with Gasteiger partial charge in [-0.05, 0) is 0 Å². The molecule has 0 spiro atoms. The van der Waals surface area contributed by atoms with Crippen LogP contribution in [0.15, 0.2) is 0 Å². The number of nitrogen functional groups attached to an aromatic ring is 2. The second-order valence-electron chi connectivity index (χ2n) is 2.30. The highest BCUT2D eigenvalue weighted by Gasteiger charge is 2.14. The molecule has 7 heteroatoms. The van der Waals surface area contributed by atoms with Crippen LogP contribution in [0.4, 0.5) is 17.6 Å². The molecule has 1 heterocycles. The summed E-state index contributed by atoms with van der Waals surface area (Å²) in [7, 11) is 1.58. The number of rotatable bonds is 2. The summed E-state index contributed by atoms with van der Waals surface area (Å²) < 4.78 is 0. The summed E-state index contributed by atoms with van der Waals surface area (Å²) in [4.78, 5) is 18.2. The molecular formula is C6H10N6O. The Morgan fingerprint density at radius 2 is 2.00 bits per heavy atom. The molecule has 0 radical (unpaired) electrons. The molecule has 0 atom stereocenters. The van der Waals surface area contributed by atoms with Gasteiger partial charge in [-0.25, -0.2) is 0 Å². The zero-order valence-electron chi connectivity index (χ0n) is 7.03. The third-order valence-electron chi connectivity index (χ3n) is 1.44. The van der Waals surface area contributed by atoms with Crippen molar-refractivity contribution in [2.75, 3.05) is 23.8 Å². The molecule has 0 aliphatic rings. The van der Waals surface area contributed by atoms with Crippen molar-refractivity contribution in [3.8, 4) is 0 Å². The molecule has 7 N–H and O–H groups in total. The lowest BCUT2D eigenvalue weighted by molar-refractivity contribution is 0.100. The predicted octanol–water partition coefficient (Wildman–Crippen LogP) is -1.22. The molecule has 70 valence electrons. The van der Waals surface area contributed by atoms with Gasteiger partial charge in [-0.2, -0.15) is 9.97 Å². The molecule has 7 nitrogen and oxygen atoms in total. The maximum Gasteiger partial charge on any atom is 0.256 e. The second kappa shape index (κ2) is 3.13. The van der Waals surface area contributed by atoms with Gasteiger partial charge in [0.1, 0.15) is 17.2 Å². The smallest absolute Gasteiger partial charge is 0.256 e. The lowest BCUT2D eigenvalue weighted by Gasteiger charge is -2.07. The summed E-state index contributed by atoms with van der Waals surface area (Å²) in [5.74, 6) is -0.490. The van der Waals surface area contributed by atoms with E-state index in [1.807, 2.05) is 0 Å². The van der Waals surface area contributed by atoms with Gasteiger partial charge in [0.05, 0.1) is 0 Å². The van der Waals surface area contributed by atoms with E-state index in [-0.39, 0.29) is 23.1 Å². The fourth-order valence-corrected chi connectivity index (χ4v) is 0.920. The van der Waals surface area contributed by atoms with Gasteiger partial charge in [0, 0.05) is 7.05 Å². The summed E-state index contributed by atoms with van der Waals surface area (Å²) in [6.07, 6.45) is 0. The van der Waals surface area contributed by atoms with E-state index in [0.717, 1.165) is 0 Å². The average Bonchev–Trinajstić information content (AvgIpc) is 2.01. The first-order valence-electron chi connectivity index (χ1n) is 3.46. The maximum atomic E-state index is 10.9. The molecule has 0 fully saturated rings. The fraction of sp³-hybridized carbons (Fsp3) is 0.167. The van der Waals surface area contributed by atoms with Crippen molar-refractivity contribution in [1.29, 1.82) is 0 Å². The second-order valence-corrected chi connectivity index (χ2v) is 2.30. The summed E-state index contributed by atoms with van der Waals surface area (Å²) in [5, 5.41) is 2.65. The van der Waals surface area contributed by atoms with Crippen LogP contribution in [0.5, 0.6) is 0 Å². The van der Waals surface area contributed by atoms with E-state index in [9.17, 15) is 4.79 Å². The summed E-state index contributed by atoms with van der Waals surface area (Å²) in [5.41, 5.74) is 15.9. The minimum Gasteiger partial charge on any atom is -0.383 e. The van der Waals surface area contributed by atoms with Gasteiger partial charge in [0.15, 0.2) is 0 Å². The van der Waals surface area contributed by atoms with Crippen molar-refractivity contribution in [3.05, 3.63) is 5.56 Å². The summed E-state index contributed by atoms with van der Waals surface area (Å²) in [6, 6.07) is 0. The number of hydrogen-bond acceptors (Lipinski definition) is 6. The lowest BCUT2D eigenvalue weighted by atomic mass is 10.2. The van der Waals surface area contributed by atoms with Crippen molar-refractivity contribution in [1.82, 2.24) is 9.97 Å². The van der Waals surface area contributed by atoms with Gasteiger partial charge in [0.2, 0.25) is 5.95 Å². The quantitative estimate of drug-likeness (QED) is 0.453. The molecule has 13 heavy (non-hydrogen) atoms. The summed E-state index contributed by atoms with van der Waals surface area (Å²) in [6.45, 7) is 0. The van der Waals surface area contributed by atoms with Crippen molar-refractivity contribution in [3.63, 3.8) is 0 Å². The Morgan fingerprint density at radius 3 is 2.46 bits per heavy atom. The van der Waals surface area contributed by atoms with Crippen LogP contribution in [0.3, 0.4) is 0 Å². The molecule has 0 bridgehead atoms. The average molecular weight is 182 g/mol. The van der Waals surface area contributed by atoms with E-state index in [1.54, 1.807) is 7.05 Å². The molecule has 0 aromatic carbocycles. The standard InChI is InChI=1S/C6H10N6O/c1-10-5-2(4(8)13)3(7)11-6(9)12-5/h1H3,(H2,8,13)(H5,7,9,10,11,12). The van der Waals surface area contributed by atoms with Crippen LogP contribution in [-0.2, 0) is 0 Å². The molecule has 0 unspecified atom stereocenters. The van der Waals surface area contributed by atoms with Crippen LogP contribution in [0.2, 0.25) is 0 Å². The molecule has 1 amide bonds. The van der Waals surface area contributed by atoms with E-state index in [1.165, 1.54) is 0 Å². The van der Waals surface area contributed by atoms with Crippen LogP contribution < -0.4 is 22.5 Å². The van der Waals surface area contributed by atoms with Gasteiger partial charge in [-0.15, -0.1) is 0 Å². The molecule has 1 rings (SSSR count). The Balaban J connectivity index is 3.38. The largest absolute Gasteiger partial charge is 0.383 e. The van der Waals surface area contributed by atoms with Crippen LogP contribution in [0.25, 0.3) is 0 Å². The number of carbonyl (C=O) groups excluding carboxylic acids is 1. The van der Waals surface area contributed by atoms with Crippen LogP contribution >= 0.6 is 0 Å². The number of nitrogens with two attached hydrogens (primary N) is 3. The highest BCUT2D eigenvalue weighted by Crippen LogP contribution is 2.17. The third kappa shape index (κ3) is 1.58. The van der Waals surface area contributed by atoms with Crippen molar-refractivity contribution in [2.24, 2.45) is 5.73 Å². The van der Waals surface area contributed by atoms with Crippen molar-refractivity contribution >= 4 is 23.5 Å². The first kappa shape index (κ1) is 9.04. The first-order valence-corrected chi connectivity index (χ1v) is 3.46. The zero-order chi connectivity index (χ0) is 10.0. The fourth-order valence-electron chi connectivity index (χ4n) is 0.920. The van der Waals surface area contributed by atoms with Gasteiger partial charge >= 0.3 is 0 Å². The van der Waals surface area contributed by atoms with E-state index in [2.05, 4.69) is 15.3 Å². The lowest BCUT2D eigenvalue weighted by Crippen LogP contribution is -2.18. The Bertz CT molecular complexity index is 349. The van der Waals surface area contributed by atoms with E-state index in [4.69, 9.17) is 17.2 Å². The molecule has 0 aliphatic carbocycles. The SMILES string of the molecule is CNc1nc(N)nc(N)c1C(N)=O. The minimum absolute atomic E-state index is 0.00755. The molecule has 1 aromatic heterocycles. The van der Waals surface area contributed by atoms with E-state index >= 15 is 0 Å². The van der Waals surface area contributed by atoms with Gasteiger partial charge in [-0.1, -0.05) is 0 Å². The highest BCUT2D eigenvalue weighted by atomic mass is 16.1. The minimum atomic E-state index is -0.693. The summed E-state index contributed by atoms with van der Waals surface area (Å²) >= 11 is 0. The maximum absolute atomic E-state index is 10.9. The number of nitrogens with zero attached hydrogens (tertiary/aromatic N) is 2. The number of hydrogen-bond donors (Lipinski definition) is 4. The van der Waals surface area contributed by atoms with E-state index < -0.39 is 5.91 Å². The molecule has 0 saturated carbocycles. The van der Waals surface area contributed by atoms with Crippen LogP contribution in [-0.4, -0.2) is 22.9 Å². The predicted molar refractivity (Wildman–Crippen MR) is 48.9 cm³/mol. The monoisotopic (exact) mass is 182 g/mol. The van der Waals surface area contributed by atoms with Gasteiger partial charge in [0.25, 0.3) is 5.91 Å². The zero-order valence-corrected chi connectivity index (χ0v) is 7.03. The number of primary amides is 1. The number of nitrogens with one attached hydrogen (secondary N) is 1. The normalized spacial score (nSPS) is 9.62. The van der Waals surface area contributed by atoms with Gasteiger partial charge in [-0.3, -0.25) is 4.79 Å². The van der Waals surface area contributed by atoms with Gasteiger partial charge < -0.3 is 22.5 Å². The Kier molecular flexibility index (Phi) is 2.18. The van der Waals surface area contributed by atoms with Crippen molar-refractivity contribution < 1.29 is 4.79 Å². The number of amides is 1. The number of anilines is 3. The van der Waals surface area contributed by atoms with Crippen LogP contribution in [0, 0.1) is 0 Å². The first-order chi connectivity index (χ1) is 6.06.